The lowest BCUT2D eigenvalue weighted by molar-refractivity contribution is -0.123. The number of carbonyl (C=O) groups excluding carboxylic acids is 2. The van der Waals surface area contributed by atoms with Crippen LogP contribution in [0.3, 0.4) is 0 Å². The maximum absolute atomic E-state index is 12.0. The minimum Gasteiger partial charge on any atom is -0.507 e. The summed E-state index contributed by atoms with van der Waals surface area (Å²) in [5, 5.41) is 15.7. The van der Waals surface area contributed by atoms with E-state index in [9.17, 15) is 14.7 Å². The fourth-order valence-electron chi connectivity index (χ4n) is 1.60. The third kappa shape index (κ3) is 3.85. The largest absolute Gasteiger partial charge is 0.507 e. The van der Waals surface area contributed by atoms with Crippen molar-refractivity contribution in [2.45, 2.75) is 20.0 Å². The smallest absolute Gasteiger partial charge is 0.342 e. The number of hydrogen-bond acceptors (Lipinski definition) is 6. The van der Waals surface area contributed by atoms with Gasteiger partial charge in [0.25, 0.3) is 5.91 Å². The van der Waals surface area contributed by atoms with Crippen molar-refractivity contribution in [3.05, 3.63) is 40.1 Å². The van der Waals surface area contributed by atoms with E-state index in [0.29, 0.717) is 10.2 Å². The third-order valence-corrected chi connectivity index (χ3v) is 3.20. The van der Waals surface area contributed by atoms with Gasteiger partial charge in [0.05, 0.1) is 0 Å². The van der Waals surface area contributed by atoms with Gasteiger partial charge in [-0.3, -0.25) is 4.79 Å². The zero-order valence-corrected chi connectivity index (χ0v) is 13.4. The number of anilines is 1. The van der Waals surface area contributed by atoms with Crippen LogP contribution in [0.25, 0.3) is 0 Å². The average Bonchev–Trinajstić information content (AvgIpc) is 2.86. The Kier molecular flexibility index (Phi) is 4.81. The van der Waals surface area contributed by atoms with Crippen molar-refractivity contribution in [1.29, 1.82) is 0 Å². The fraction of sp³-hybridized carbons (Fsp3) is 0.214. The highest BCUT2D eigenvalue weighted by molar-refractivity contribution is 9.10. The molecular weight excluding hydrogens is 356 g/mol. The predicted octanol–water partition coefficient (Wildman–Crippen LogP) is 2.64. The Balaban J connectivity index is 2.01. The number of amides is 1. The zero-order valence-electron chi connectivity index (χ0n) is 11.8. The molecule has 2 aromatic rings. The lowest BCUT2D eigenvalue weighted by Gasteiger charge is -2.13. The van der Waals surface area contributed by atoms with Crippen molar-refractivity contribution in [3.63, 3.8) is 0 Å². The molecule has 116 valence electrons. The van der Waals surface area contributed by atoms with Crippen molar-refractivity contribution in [1.82, 2.24) is 5.16 Å². The molecule has 8 heteroatoms. The molecule has 2 rings (SSSR count). The number of rotatable bonds is 4. The molecule has 0 fully saturated rings. The second-order valence-electron chi connectivity index (χ2n) is 4.52. The number of phenolic OH excluding ortho intramolecular Hbond substituents is 1. The van der Waals surface area contributed by atoms with Crippen LogP contribution in [0.1, 0.15) is 23.0 Å². The summed E-state index contributed by atoms with van der Waals surface area (Å²) in [6.07, 6.45) is -1.07. The van der Waals surface area contributed by atoms with Gasteiger partial charge in [0.2, 0.25) is 0 Å². The van der Waals surface area contributed by atoms with Crippen LogP contribution in [0.4, 0.5) is 5.82 Å². The van der Waals surface area contributed by atoms with Crippen LogP contribution in [0.15, 0.2) is 33.3 Å². The van der Waals surface area contributed by atoms with Crippen molar-refractivity contribution < 1.29 is 24.0 Å². The van der Waals surface area contributed by atoms with E-state index in [0.717, 1.165) is 0 Å². The van der Waals surface area contributed by atoms with Crippen molar-refractivity contribution in [2.24, 2.45) is 0 Å². The molecule has 2 N–H and O–H groups in total. The molecule has 0 radical (unpaired) electrons. The molecule has 0 aliphatic rings. The molecule has 1 aromatic heterocycles. The van der Waals surface area contributed by atoms with Gasteiger partial charge in [0.1, 0.15) is 17.1 Å². The van der Waals surface area contributed by atoms with E-state index in [1.807, 2.05) is 0 Å². The van der Waals surface area contributed by atoms with Gasteiger partial charge in [-0.2, -0.15) is 0 Å². The highest BCUT2D eigenvalue weighted by Crippen LogP contribution is 2.23. The number of aromatic hydroxyl groups is 1. The predicted molar refractivity (Wildman–Crippen MR) is 80.6 cm³/mol. The quantitative estimate of drug-likeness (QED) is 0.804. The number of phenols is 1. The van der Waals surface area contributed by atoms with E-state index < -0.39 is 18.0 Å². The normalized spacial score (nSPS) is 11.8. The Morgan fingerprint density at radius 3 is 2.77 bits per heavy atom. The number of esters is 1. The number of ether oxygens (including phenoxy) is 1. The third-order valence-electron chi connectivity index (χ3n) is 2.71. The molecule has 1 atom stereocenters. The molecule has 0 spiro atoms. The van der Waals surface area contributed by atoms with Crippen LogP contribution in [0.2, 0.25) is 0 Å². The van der Waals surface area contributed by atoms with Crippen LogP contribution < -0.4 is 5.32 Å². The second-order valence-corrected chi connectivity index (χ2v) is 5.44. The minimum atomic E-state index is -1.07. The van der Waals surface area contributed by atoms with E-state index in [1.54, 1.807) is 13.0 Å². The topological polar surface area (TPSA) is 102 Å². The van der Waals surface area contributed by atoms with Gasteiger partial charge in [-0.25, -0.2) is 4.79 Å². The SMILES string of the molecule is Cc1cc(NC(=O)[C@@H](C)OC(=O)c2cc(Br)ccc2O)no1. The summed E-state index contributed by atoms with van der Waals surface area (Å²) in [6.45, 7) is 3.09. The highest BCUT2D eigenvalue weighted by atomic mass is 79.9. The van der Waals surface area contributed by atoms with E-state index >= 15 is 0 Å². The zero-order chi connectivity index (χ0) is 16.3. The molecule has 0 saturated heterocycles. The number of nitrogens with one attached hydrogen (secondary N) is 1. The summed E-state index contributed by atoms with van der Waals surface area (Å²) < 4.78 is 10.4. The van der Waals surface area contributed by atoms with E-state index in [4.69, 9.17) is 9.26 Å². The van der Waals surface area contributed by atoms with Gasteiger partial charge in [-0.15, -0.1) is 0 Å². The Morgan fingerprint density at radius 2 is 2.14 bits per heavy atom. The van der Waals surface area contributed by atoms with E-state index in [2.05, 4.69) is 26.4 Å². The molecule has 22 heavy (non-hydrogen) atoms. The number of nitrogens with zero attached hydrogens (tertiary/aromatic N) is 1. The molecule has 1 amide bonds. The highest BCUT2D eigenvalue weighted by Gasteiger charge is 2.22. The van der Waals surface area contributed by atoms with E-state index in [-0.39, 0.29) is 17.1 Å². The van der Waals surface area contributed by atoms with Gasteiger partial charge in [-0.1, -0.05) is 21.1 Å². The Hall–Kier alpha value is -2.35. The Bertz CT molecular complexity index is 713. The summed E-state index contributed by atoms with van der Waals surface area (Å²) in [6, 6.07) is 5.87. The average molecular weight is 369 g/mol. The number of halogens is 1. The standard InChI is InChI=1S/C14H13BrN2O5/c1-7-5-12(17-22-7)16-13(19)8(2)21-14(20)10-6-9(15)3-4-11(10)18/h3-6,8,18H,1-2H3,(H,16,17,19)/t8-/m1/s1. The first-order valence-electron chi connectivity index (χ1n) is 6.30. The van der Waals surface area contributed by atoms with Crippen LogP contribution in [0.5, 0.6) is 5.75 Å². The van der Waals surface area contributed by atoms with Crippen LogP contribution in [-0.2, 0) is 9.53 Å². The monoisotopic (exact) mass is 368 g/mol. The summed E-state index contributed by atoms with van der Waals surface area (Å²) >= 11 is 3.19. The first kappa shape index (κ1) is 16.0. The molecule has 0 aliphatic carbocycles. The lowest BCUT2D eigenvalue weighted by Crippen LogP contribution is -2.30. The van der Waals surface area contributed by atoms with Gasteiger partial charge in [0.15, 0.2) is 11.9 Å². The number of carbonyl (C=O) groups is 2. The molecular formula is C14H13BrN2O5. The van der Waals surface area contributed by atoms with Crippen LogP contribution in [0, 0.1) is 6.92 Å². The van der Waals surface area contributed by atoms with Gasteiger partial charge in [0, 0.05) is 10.5 Å². The number of hydrogen-bond donors (Lipinski definition) is 2. The van der Waals surface area contributed by atoms with Crippen LogP contribution in [-0.4, -0.2) is 28.2 Å². The van der Waals surface area contributed by atoms with Crippen LogP contribution >= 0.6 is 15.9 Å². The minimum absolute atomic E-state index is 0.0358. The Morgan fingerprint density at radius 1 is 1.41 bits per heavy atom. The lowest BCUT2D eigenvalue weighted by atomic mass is 10.2. The summed E-state index contributed by atoms with van der Waals surface area (Å²) in [7, 11) is 0. The maximum atomic E-state index is 12.0. The molecule has 0 saturated carbocycles. The van der Waals surface area contributed by atoms with Gasteiger partial charge >= 0.3 is 5.97 Å². The van der Waals surface area contributed by atoms with Crippen molar-refractivity contribution in [2.75, 3.05) is 5.32 Å². The molecule has 1 aromatic carbocycles. The molecule has 7 nitrogen and oxygen atoms in total. The fourth-order valence-corrected chi connectivity index (χ4v) is 1.96. The summed E-state index contributed by atoms with van der Waals surface area (Å²) in [5.41, 5.74) is -0.0358. The number of benzene rings is 1. The molecule has 0 bridgehead atoms. The summed E-state index contributed by atoms with van der Waals surface area (Å²) in [5.74, 6) is -0.823. The Labute approximate surface area is 134 Å². The number of aromatic nitrogens is 1. The first-order valence-corrected chi connectivity index (χ1v) is 7.10. The molecule has 1 heterocycles. The van der Waals surface area contributed by atoms with Crippen molar-refractivity contribution >= 4 is 33.6 Å². The number of aryl methyl sites for hydroxylation is 1. The first-order chi connectivity index (χ1) is 10.4. The second kappa shape index (κ2) is 6.61. The molecule has 0 unspecified atom stereocenters. The summed E-state index contributed by atoms with van der Waals surface area (Å²) in [4.78, 5) is 23.9. The van der Waals surface area contributed by atoms with Gasteiger partial charge < -0.3 is 19.7 Å². The van der Waals surface area contributed by atoms with Crippen molar-refractivity contribution in [3.8, 4) is 5.75 Å². The maximum Gasteiger partial charge on any atom is 0.342 e. The van der Waals surface area contributed by atoms with E-state index in [1.165, 1.54) is 25.1 Å². The van der Waals surface area contributed by atoms with Gasteiger partial charge in [-0.05, 0) is 32.0 Å². The molecule has 0 aliphatic heterocycles.